The monoisotopic (exact) mass is 396 g/mol. The average Bonchev–Trinajstić information content (AvgIpc) is 3.00. The van der Waals surface area contributed by atoms with Gasteiger partial charge in [0, 0.05) is 24.7 Å². The standard InChI is InChI=1S/C22H24N2O3S/c1-27-20-12-10-17(11-13-20)19-6-2-3-15-24(16-19)28(25,26)21-9-4-7-18-8-5-14-23-22(18)21/h4-5,7-14,19H,2-3,6,15-16H2,1H3. The van der Waals surface area contributed by atoms with Gasteiger partial charge in [-0.3, -0.25) is 4.98 Å². The van der Waals surface area contributed by atoms with Crippen LogP contribution >= 0.6 is 0 Å². The second-order valence-electron chi connectivity index (χ2n) is 7.16. The largest absolute Gasteiger partial charge is 0.497 e. The van der Waals surface area contributed by atoms with E-state index in [0.29, 0.717) is 23.5 Å². The molecule has 146 valence electrons. The number of pyridine rings is 1. The number of nitrogens with zero attached hydrogens (tertiary/aromatic N) is 2. The summed E-state index contributed by atoms with van der Waals surface area (Å²) in [7, 11) is -1.97. The number of rotatable bonds is 4. The van der Waals surface area contributed by atoms with E-state index in [1.807, 2.05) is 42.5 Å². The molecule has 3 aromatic rings. The molecule has 1 fully saturated rings. The van der Waals surface area contributed by atoms with Gasteiger partial charge >= 0.3 is 0 Å². The minimum Gasteiger partial charge on any atom is -0.497 e. The van der Waals surface area contributed by atoms with Gasteiger partial charge in [-0.2, -0.15) is 4.31 Å². The quantitative estimate of drug-likeness (QED) is 0.663. The minimum absolute atomic E-state index is 0.172. The molecule has 0 bridgehead atoms. The molecule has 1 aliphatic rings. The first-order chi connectivity index (χ1) is 13.6. The molecule has 4 rings (SSSR count). The number of aromatic nitrogens is 1. The summed E-state index contributed by atoms with van der Waals surface area (Å²) in [6, 6.07) is 17.0. The Labute approximate surface area is 166 Å². The Kier molecular flexibility index (Phi) is 5.33. The lowest BCUT2D eigenvalue weighted by Crippen LogP contribution is -2.34. The van der Waals surface area contributed by atoms with Gasteiger partial charge in [0.25, 0.3) is 0 Å². The molecule has 0 aliphatic carbocycles. The zero-order valence-electron chi connectivity index (χ0n) is 15.9. The summed E-state index contributed by atoms with van der Waals surface area (Å²) < 4.78 is 33.9. The number of para-hydroxylation sites is 1. The van der Waals surface area contributed by atoms with Gasteiger partial charge < -0.3 is 4.74 Å². The maximum Gasteiger partial charge on any atom is 0.245 e. The Balaban J connectivity index is 1.68. The first-order valence-corrected chi connectivity index (χ1v) is 11.0. The fraction of sp³-hybridized carbons (Fsp3) is 0.318. The fourth-order valence-corrected chi connectivity index (χ4v) is 5.59. The Morgan fingerprint density at radius 1 is 1.04 bits per heavy atom. The number of hydrogen-bond acceptors (Lipinski definition) is 4. The van der Waals surface area contributed by atoms with Crippen LogP contribution in [0.5, 0.6) is 5.75 Å². The lowest BCUT2D eigenvalue weighted by molar-refractivity contribution is 0.404. The molecular formula is C22H24N2O3S. The number of hydrogen-bond donors (Lipinski definition) is 0. The van der Waals surface area contributed by atoms with E-state index in [-0.39, 0.29) is 5.92 Å². The molecule has 1 atom stereocenters. The number of ether oxygens (including phenoxy) is 1. The van der Waals surface area contributed by atoms with Gasteiger partial charge in [-0.05, 0) is 48.6 Å². The van der Waals surface area contributed by atoms with Crippen LogP contribution in [0.2, 0.25) is 0 Å². The van der Waals surface area contributed by atoms with Gasteiger partial charge in [0.05, 0.1) is 12.6 Å². The van der Waals surface area contributed by atoms with Crippen LogP contribution in [0.15, 0.2) is 65.7 Å². The molecule has 1 aromatic heterocycles. The van der Waals surface area contributed by atoms with Gasteiger partial charge in [-0.1, -0.05) is 36.8 Å². The maximum atomic E-state index is 13.5. The van der Waals surface area contributed by atoms with Crippen molar-refractivity contribution in [2.45, 2.75) is 30.1 Å². The first-order valence-electron chi connectivity index (χ1n) is 9.57. The molecule has 28 heavy (non-hydrogen) atoms. The number of methoxy groups -OCH3 is 1. The highest BCUT2D eigenvalue weighted by Crippen LogP contribution is 2.32. The fourth-order valence-electron chi connectivity index (χ4n) is 3.90. The highest BCUT2D eigenvalue weighted by Gasteiger charge is 2.31. The molecule has 0 amide bonds. The second kappa shape index (κ2) is 7.89. The molecule has 0 radical (unpaired) electrons. The number of benzene rings is 2. The normalized spacial score (nSPS) is 18.7. The SMILES string of the molecule is COc1ccc(C2CCCCN(S(=O)(=O)c3cccc4cccnc34)C2)cc1. The van der Waals surface area contributed by atoms with Gasteiger partial charge in [-0.15, -0.1) is 0 Å². The zero-order valence-corrected chi connectivity index (χ0v) is 16.7. The molecule has 5 nitrogen and oxygen atoms in total. The summed E-state index contributed by atoms with van der Waals surface area (Å²) in [4.78, 5) is 4.63. The van der Waals surface area contributed by atoms with E-state index in [9.17, 15) is 8.42 Å². The Hall–Kier alpha value is -2.44. The van der Waals surface area contributed by atoms with Crippen molar-refractivity contribution < 1.29 is 13.2 Å². The lowest BCUT2D eigenvalue weighted by Gasteiger charge is -2.24. The molecule has 2 heterocycles. The van der Waals surface area contributed by atoms with Crippen LogP contribution in [0.25, 0.3) is 10.9 Å². The molecular weight excluding hydrogens is 372 g/mol. The van der Waals surface area contributed by atoms with Crippen molar-refractivity contribution in [1.82, 2.24) is 9.29 Å². The Morgan fingerprint density at radius 2 is 1.82 bits per heavy atom. The highest BCUT2D eigenvalue weighted by atomic mass is 32.2. The van der Waals surface area contributed by atoms with Crippen molar-refractivity contribution in [1.29, 1.82) is 0 Å². The summed E-state index contributed by atoms with van der Waals surface area (Å²) >= 11 is 0. The topological polar surface area (TPSA) is 59.5 Å². The second-order valence-corrected chi connectivity index (χ2v) is 9.07. The van der Waals surface area contributed by atoms with Crippen molar-refractivity contribution in [2.24, 2.45) is 0 Å². The molecule has 0 N–H and O–H groups in total. The van der Waals surface area contributed by atoms with Gasteiger partial charge in [-0.25, -0.2) is 8.42 Å². The van der Waals surface area contributed by atoms with Crippen molar-refractivity contribution >= 4 is 20.9 Å². The van der Waals surface area contributed by atoms with E-state index in [2.05, 4.69) is 4.98 Å². The molecule has 6 heteroatoms. The van der Waals surface area contributed by atoms with E-state index in [4.69, 9.17) is 4.74 Å². The summed E-state index contributed by atoms with van der Waals surface area (Å²) in [6.45, 7) is 1.02. The van der Waals surface area contributed by atoms with Crippen LogP contribution in [0.1, 0.15) is 30.7 Å². The van der Waals surface area contributed by atoms with Crippen molar-refractivity contribution in [2.75, 3.05) is 20.2 Å². The van der Waals surface area contributed by atoms with Crippen LogP contribution in [0, 0.1) is 0 Å². The summed E-state index contributed by atoms with van der Waals surface area (Å²) in [5.74, 6) is 0.981. The predicted molar refractivity (Wildman–Crippen MR) is 110 cm³/mol. The summed E-state index contributed by atoms with van der Waals surface area (Å²) in [5.41, 5.74) is 1.69. The van der Waals surface area contributed by atoms with E-state index < -0.39 is 10.0 Å². The smallest absolute Gasteiger partial charge is 0.245 e. The van der Waals surface area contributed by atoms with Crippen molar-refractivity contribution in [3.8, 4) is 5.75 Å². The molecule has 1 aliphatic heterocycles. The van der Waals surface area contributed by atoms with E-state index >= 15 is 0 Å². The van der Waals surface area contributed by atoms with Crippen LogP contribution in [-0.2, 0) is 10.0 Å². The van der Waals surface area contributed by atoms with E-state index in [1.54, 1.807) is 29.7 Å². The number of sulfonamides is 1. The van der Waals surface area contributed by atoms with Gasteiger partial charge in [0.15, 0.2) is 0 Å². The Bertz CT molecular complexity index is 1060. The third-order valence-corrected chi connectivity index (χ3v) is 7.33. The van der Waals surface area contributed by atoms with Crippen molar-refractivity contribution in [3.63, 3.8) is 0 Å². The minimum atomic E-state index is -3.62. The lowest BCUT2D eigenvalue weighted by atomic mass is 9.94. The third-order valence-electron chi connectivity index (χ3n) is 5.43. The van der Waals surface area contributed by atoms with Crippen LogP contribution in [0.4, 0.5) is 0 Å². The average molecular weight is 397 g/mol. The van der Waals surface area contributed by atoms with Gasteiger partial charge in [0.1, 0.15) is 10.6 Å². The highest BCUT2D eigenvalue weighted by molar-refractivity contribution is 7.89. The first kappa shape index (κ1) is 18.9. The van der Waals surface area contributed by atoms with E-state index in [0.717, 1.165) is 36.0 Å². The molecule has 1 saturated heterocycles. The predicted octanol–water partition coefficient (Wildman–Crippen LogP) is 4.20. The van der Waals surface area contributed by atoms with Crippen LogP contribution in [0.3, 0.4) is 0 Å². The zero-order chi connectivity index (χ0) is 19.6. The summed E-state index contributed by atoms with van der Waals surface area (Å²) in [5, 5.41) is 0.838. The van der Waals surface area contributed by atoms with Crippen LogP contribution in [-0.4, -0.2) is 37.9 Å². The van der Waals surface area contributed by atoms with Gasteiger partial charge in [0.2, 0.25) is 10.0 Å². The van der Waals surface area contributed by atoms with E-state index in [1.165, 1.54) is 0 Å². The van der Waals surface area contributed by atoms with Crippen LogP contribution < -0.4 is 4.74 Å². The Morgan fingerprint density at radius 3 is 2.61 bits per heavy atom. The molecule has 0 saturated carbocycles. The van der Waals surface area contributed by atoms with Crippen molar-refractivity contribution in [3.05, 3.63) is 66.4 Å². The molecule has 2 aromatic carbocycles. The number of fused-ring (bicyclic) bond motifs is 1. The molecule has 1 unspecified atom stereocenters. The summed E-state index contributed by atoms with van der Waals surface area (Å²) in [6.07, 6.45) is 4.50. The third kappa shape index (κ3) is 3.62. The molecule has 0 spiro atoms. The maximum absolute atomic E-state index is 13.5.